The van der Waals surface area contributed by atoms with E-state index in [1.165, 1.54) is 0 Å². The van der Waals surface area contributed by atoms with Gasteiger partial charge in [0.25, 0.3) is 0 Å². The number of carbonyl (C=O) groups is 2. The van der Waals surface area contributed by atoms with E-state index in [2.05, 4.69) is 5.32 Å². The maximum atomic E-state index is 13.2. The number of nitrogens with one attached hydrogen (secondary N) is 1. The smallest absolute Gasteiger partial charge is 0.247 e. The minimum Gasteiger partial charge on any atom is -0.467 e. The largest absolute Gasteiger partial charge is 0.467 e. The van der Waals surface area contributed by atoms with Crippen LogP contribution in [0.15, 0.2) is 83.5 Å². The zero-order valence-corrected chi connectivity index (χ0v) is 16.6. The monoisotopic (exact) mass is 390 g/mol. The fourth-order valence-corrected chi connectivity index (χ4v) is 3.25. The van der Waals surface area contributed by atoms with Crippen molar-refractivity contribution < 1.29 is 14.0 Å². The Morgan fingerprint density at radius 2 is 1.66 bits per heavy atom. The third-order valence-electron chi connectivity index (χ3n) is 4.67. The first kappa shape index (κ1) is 20.4. The lowest BCUT2D eigenvalue weighted by Crippen LogP contribution is -2.43. The van der Waals surface area contributed by atoms with Gasteiger partial charge in [-0.2, -0.15) is 0 Å². The molecule has 0 saturated heterocycles. The van der Waals surface area contributed by atoms with Gasteiger partial charge in [-0.25, -0.2) is 0 Å². The SMILES string of the molecule is CCCC(=O)N(Cc1ccccc1)[C@@H](C(=O)NCc1ccco1)c1ccccc1. The van der Waals surface area contributed by atoms with Crippen molar-refractivity contribution in [1.29, 1.82) is 0 Å². The molecule has 3 rings (SSSR count). The van der Waals surface area contributed by atoms with E-state index in [9.17, 15) is 9.59 Å². The molecule has 0 radical (unpaired) electrons. The second kappa shape index (κ2) is 10.3. The number of hydrogen-bond acceptors (Lipinski definition) is 3. The minimum atomic E-state index is -0.717. The Morgan fingerprint density at radius 3 is 2.28 bits per heavy atom. The van der Waals surface area contributed by atoms with E-state index in [-0.39, 0.29) is 18.4 Å². The molecule has 1 N–H and O–H groups in total. The number of benzene rings is 2. The van der Waals surface area contributed by atoms with Crippen molar-refractivity contribution in [2.45, 2.75) is 38.9 Å². The lowest BCUT2D eigenvalue weighted by atomic mass is 10.0. The summed E-state index contributed by atoms with van der Waals surface area (Å²) < 4.78 is 5.32. The molecule has 150 valence electrons. The average molecular weight is 390 g/mol. The second-order valence-electron chi connectivity index (χ2n) is 6.87. The summed E-state index contributed by atoms with van der Waals surface area (Å²) in [4.78, 5) is 27.9. The fraction of sp³-hybridized carbons (Fsp3) is 0.250. The van der Waals surface area contributed by atoms with Crippen LogP contribution < -0.4 is 5.32 Å². The molecule has 29 heavy (non-hydrogen) atoms. The van der Waals surface area contributed by atoms with Crippen molar-refractivity contribution in [1.82, 2.24) is 10.2 Å². The van der Waals surface area contributed by atoms with Gasteiger partial charge in [0.2, 0.25) is 11.8 Å². The van der Waals surface area contributed by atoms with Gasteiger partial charge in [0.05, 0.1) is 12.8 Å². The summed E-state index contributed by atoms with van der Waals surface area (Å²) in [5.41, 5.74) is 1.77. The number of carbonyl (C=O) groups excluding carboxylic acids is 2. The summed E-state index contributed by atoms with van der Waals surface area (Å²) in [6.07, 6.45) is 2.68. The van der Waals surface area contributed by atoms with Crippen LogP contribution in [-0.2, 0) is 22.7 Å². The highest BCUT2D eigenvalue weighted by Crippen LogP contribution is 2.25. The van der Waals surface area contributed by atoms with Gasteiger partial charge < -0.3 is 14.6 Å². The summed E-state index contributed by atoms with van der Waals surface area (Å²) in [5.74, 6) is 0.394. The van der Waals surface area contributed by atoms with Gasteiger partial charge in [0, 0.05) is 13.0 Å². The highest BCUT2D eigenvalue weighted by molar-refractivity contribution is 5.88. The highest BCUT2D eigenvalue weighted by Gasteiger charge is 2.31. The van der Waals surface area contributed by atoms with E-state index in [1.54, 1.807) is 17.2 Å². The first-order valence-electron chi connectivity index (χ1n) is 9.87. The predicted octanol–water partition coefficient (Wildman–Crippen LogP) is 4.47. The quantitative estimate of drug-likeness (QED) is 0.586. The maximum Gasteiger partial charge on any atom is 0.247 e. The molecule has 1 heterocycles. The summed E-state index contributed by atoms with van der Waals surface area (Å²) in [6.45, 7) is 2.61. The standard InChI is InChI=1S/C24H26N2O3/c1-2-10-22(27)26(18-19-11-5-3-6-12-19)23(20-13-7-4-8-14-20)24(28)25-17-21-15-9-16-29-21/h3-9,11-16,23H,2,10,17-18H2,1H3,(H,25,28)/t23-/m1/s1. The van der Waals surface area contributed by atoms with Crippen molar-refractivity contribution in [2.75, 3.05) is 0 Å². The molecule has 2 amide bonds. The van der Waals surface area contributed by atoms with Gasteiger partial charge in [-0.1, -0.05) is 67.6 Å². The molecule has 0 aliphatic heterocycles. The molecule has 0 aliphatic rings. The zero-order valence-electron chi connectivity index (χ0n) is 16.6. The average Bonchev–Trinajstić information content (AvgIpc) is 3.27. The molecule has 2 aromatic carbocycles. The Hall–Kier alpha value is -3.34. The molecule has 0 unspecified atom stereocenters. The van der Waals surface area contributed by atoms with Crippen LogP contribution >= 0.6 is 0 Å². The Balaban J connectivity index is 1.90. The van der Waals surface area contributed by atoms with Crippen LogP contribution in [-0.4, -0.2) is 16.7 Å². The van der Waals surface area contributed by atoms with Crippen molar-refractivity contribution >= 4 is 11.8 Å². The van der Waals surface area contributed by atoms with Gasteiger partial charge >= 0.3 is 0 Å². The first-order valence-corrected chi connectivity index (χ1v) is 9.87. The van der Waals surface area contributed by atoms with Crippen molar-refractivity contribution in [2.24, 2.45) is 0 Å². The van der Waals surface area contributed by atoms with Gasteiger partial charge in [0.1, 0.15) is 11.8 Å². The predicted molar refractivity (Wildman–Crippen MR) is 112 cm³/mol. The van der Waals surface area contributed by atoms with Crippen LogP contribution in [0.25, 0.3) is 0 Å². The Labute approximate surface area is 171 Å². The van der Waals surface area contributed by atoms with E-state index in [1.807, 2.05) is 73.7 Å². The summed E-state index contributed by atoms with van der Waals surface area (Å²) in [6, 6.07) is 22.0. The lowest BCUT2D eigenvalue weighted by molar-refractivity contribution is -0.141. The minimum absolute atomic E-state index is 0.0432. The van der Waals surface area contributed by atoms with Gasteiger partial charge in [0.15, 0.2) is 0 Å². The first-order chi connectivity index (χ1) is 14.2. The molecule has 0 saturated carbocycles. The number of hydrogen-bond donors (Lipinski definition) is 1. The van der Waals surface area contributed by atoms with E-state index in [0.717, 1.165) is 17.5 Å². The van der Waals surface area contributed by atoms with Crippen LogP contribution in [0, 0.1) is 0 Å². The highest BCUT2D eigenvalue weighted by atomic mass is 16.3. The van der Waals surface area contributed by atoms with Crippen LogP contribution in [0.5, 0.6) is 0 Å². The molecule has 0 spiro atoms. The third-order valence-corrected chi connectivity index (χ3v) is 4.67. The molecule has 1 atom stereocenters. The Morgan fingerprint density at radius 1 is 0.966 bits per heavy atom. The van der Waals surface area contributed by atoms with Crippen molar-refractivity contribution in [3.63, 3.8) is 0 Å². The lowest BCUT2D eigenvalue weighted by Gasteiger charge is -2.31. The molecule has 1 aromatic heterocycles. The second-order valence-corrected chi connectivity index (χ2v) is 6.87. The van der Waals surface area contributed by atoms with E-state index in [0.29, 0.717) is 18.7 Å². The third kappa shape index (κ3) is 5.57. The molecule has 3 aromatic rings. The van der Waals surface area contributed by atoms with Gasteiger partial charge in [-0.15, -0.1) is 0 Å². The number of furan rings is 1. The van der Waals surface area contributed by atoms with E-state index >= 15 is 0 Å². The van der Waals surface area contributed by atoms with E-state index in [4.69, 9.17) is 4.42 Å². The van der Waals surface area contributed by atoms with Crippen molar-refractivity contribution in [3.8, 4) is 0 Å². The Kier molecular flexibility index (Phi) is 7.22. The van der Waals surface area contributed by atoms with Gasteiger partial charge in [-0.05, 0) is 29.7 Å². The number of amides is 2. The molecule has 5 nitrogen and oxygen atoms in total. The topological polar surface area (TPSA) is 62.6 Å². The Bertz CT molecular complexity index is 892. The number of nitrogens with zero attached hydrogens (tertiary/aromatic N) is 1. The molecule has 0 bridgehead atoms. The van der Waals surface area contributed by atoms with Crippen LogP contribution in [0.4, 0.5) is 0 Å². The molecular weight excluding hydrogens is 364 g/mol. The van der Waals surface area contributed by atoms with Crippen LogP contribution in [0.2, 0.25) is 0 Å². The van der Waals surface area contributed by atoms with Gasteiger partial charge in [-0.3, -0.25) is 9.59 Å². The molecule has 5 heteroatoms. The van der Waals surface area contributed by atoms with Crippen LogP contribution in [0.1, 0.15) is 42.7 Å². The zero-order chi connectivity index (χ0) is 20.5. The summed E-state index contributed by atoms with van der Waals surface area (Å²) in [7, 11) is 0. The molecule has 0 aliphatic carbocycles. The summed E-state index contributed by atoms with van der Waals surface area (Å²) in [5, 5.41) is 2.92. The maximum absolute atomic E-state index is 13.2. The molecular formula is C24H26N2O3. The van der Waals surface area contributed by atoms with Crippen molar-refractivity contribution in [3.05, 3.63) is 95.9 Å². The summed E-state index contributed by atoms with van der Waals surface area (Å²) >= 11 is 0. The normalized spacial score (nSPS) is 11.6. The van der Waals surface area contributed by atoms with E-state index < -0.39 is 6.04 Å². The van der Waals surface area contributed by atoms with Crippen LogP contribution in [0.3, 0.4) is 0 Å². The number of rotatable bonds is 9. The fourth-order valence-electron chi connectivity index (χ4n) is 3.25. The molecule has 0 fully saturated rings.